The Morgan fingerprint density at radius 1 is 1.21 bits per heavy atom. The van der Waals surface area contributed by atoms with E-state index >= 15 is 0 Å². The maximum atomic E-state index is 12.3. The second-order valence-electron chi connectivity index (χ2n) is 6.48. The van der Waals surface area contributed by atoms with Gasteiger partial charge in [-0.25, -0.2) is 9.97 Å². The average molecular weight is 426 g/mol. The number of aromatic nitrogens is 4. The Bertz CT molecular complexity index is 1170. The molecule has 2 heterocycles. The number of aryl methyl sites for hydroxylation is 2. The Labute approximate surface area is 175 Å². The Hall–Kier alpha value is -2.91. The fourth-order valence-corrected chi connectivity index (χ4v) is 4.56. The number of methoxy groups -OCH3 is 1. The molecule has 29 heavy (non-hydrogen) atoms. The molecule has 4 aromatic rings. The summed E-state index contributed by atoms with van der Waals surface area (Å²) in [4.78, 5) is 21.3. The van der Waals surface area contributed by atoms with Crippen molar-refractivity contribution in [2.75, 3.05) is 18.2 Å². The highest BCUT2D eigenvalue weighted by Crippen LogP contribution is 2.29. The lowest BCUT2D eigenvalue weighted by Crippen LogP contribution is -2.13. The van der Waals surface area contributed by atoms with E-state index in [-0.39, 0.29) is 11.7 Å². The number of fused-ring (bicyclic) bond motifs is 1. The number of rotatable bonds is 6. The molecule has 0 aliphatic rings. The van der Waals surface area contributed by atoms with Crippen molar-refractivity contribution in [2.45, 2.75) is 19.0 Å². The molecule has 0 radical (unpaired) electrons. The number of nitrogens with zero attached hydrogens (tertiary/aromatic N) is 3. The number of hydrogen-bond donors (Lipinski definition) is 2. The number of H-pyrrole nitrogens is 1. The third kappa shape index (κ3) is 4.41. The maximum Gasteiger partial charge on any atom is 0.236 e. The molecule has 148 valence electrons. The Morgan fingerprint density at radius 3 is 2.76 bits per heavy atom. The predicted molar refractivity (Wildman–Crippen MR) is 117 cm³/mol. The molecule has 0 aliphatic carbocycles. The van der Waals surface area contributed by atoms with Crippen molar-refractivity contribution in [3.05, 3.63) is 47.5 Å². The minimum atomic E-state index is -0.140. The van der Waals surface area contributed by atoms with Gasteiger partial charge in [0.1, 0.15) is 5.75 Å². The molecule has 2 aromatic carbocycles. The largest absolute Gasteiger partial charge is 0.497 e. The monoisotopic (exact) mass is 425 g/mol. The molecule has 0 unspecified atom stereocenters. The number of nitrogens with one attached hydrogen (secondary N) is 2. The lowest BCUT2D eigenvalue weighted by atomic mass is 10.1. The van der Waals surface area contributed by atoms with Crippen molar-refractivity contribution in [3.63, 3.8) is 0 Å². The Kier molecular flexibility index (Phi) is 5.50. The topological polar surface area (TPSA) is 92.8 Å². The van der Waals surface area contributed by atoms with Gasteiger partial charge in [-0.2, -0.15) is 0 Å². The number of ether oxygens (including phenoxy) is 1. The highest BCUT2D eigenvalue weighted by atomic mass is 32.2. The highest BCUT2D eigenvalue weighted by Gasteiger charge is 2.12. The van der Waals surface area contributed by atoms with Crippen molar-refractivity contribution in [1.29, 1.82) is 0 Å². The van der Waals surface area contributed by atoms with E-state index in [4.69, 9.17) is 4.74 Å². The highest BCUT2D eigenvalue weighted by molar-refractivity contribution is 7.99. The van der Waals surface area contributed by atoms with Crippen LogP contribution in [-0.4, -0.2) is 38.9 Å². The van der Waals surface area contributed by atoms with Gasteiger partial charge in [0.05, 0.1) is 23.1 Å². The number of aromatic amines is 1. The minimum absolute atomic E-state index is 0.140. The number of thiazole rings is 1. The van der Waals surface area contributed by atoms with Crippen LogP contribution in [0.3, 0.4) is 0 Å². The van der Waals surface area contributed by atoms with Gasteiger partial charge in [-0.1, -0.05) is 29.2 Å². The molecule has 9 heteroatoms. The molecule has 2 N–H and O–H groups in total. The zero-order chi connectivity index (χ0) is 20.4. The first-order valence-corrected chi connectivity index (χ1v) is 10.7. The first kappa shape index (κ1) is 19.4. The van der Waals surface area contributed by atoms with Gasteiger partial charge < -0.3 is 10.1 Å². The molecular formula is C20H19N5O2S2. The minimum Gasteiger partial charge on any atom is -0.497 e. The zero-order valence-corrected chi connectivity index (χ0v) is 17.8. The van der Waals surface area contributed by atoms with Crippen LogP contribution in [0.1, 0.15) is 11.1 Å². The van der Waals surface area contributed by atoms with E-state index in [1.165, 1.54) is 28.7 Å². The third-order valence-electron chi connectivity index (χ3n) is 4.24. The number of carbonyl (C=O) groups is 1. The van der Waals surface area contributed by atoms with E-state index in [9.17, 15) is 4.79 Å². The summed E-state index contributed by atoms with van der Waals surface area (Å²) in [5.74, 6) is 1.49. The van der Waals surface area contributed by atoms with Gasteiger partial charge in [-0.3, -0.25) is 9.89 Å². The van der Waals surface area contributed by atoms with E-state index in [2.05, 4.69) is 44.5 Å². The lowest BCUT2D eigenvalue weighted by Gasteiger charge is -2.00. The Morgan fingerprint density at radius 2 is 2.00 bits per heavy atom. The van der Waals surface area contributed by atoms with Crippen molar-refractivity contribution >= 4 is 44.4 Å². The maximum absolute atomic E-state index is 12.3. The number of thioether (sulfide) groups is 1. The van der Waals surface area contributed by atoms with E-state index in [1.54, 1.807) is 7.11 Å². The smallest absolute Gasteiger partial charge is 0.236 e. The van der Waals surface area contributed by atoms with Crippen LogP contribution in [0, 0.1) is 13.8 Å². The van der Waals surface area contributed by atoms with Crippen molar-refractivity contribution in [2.24, 2.45) is 0 Å². The van der Waals surface area contributed by atoms with Crippen LogP contribution < -0.4 is 10.1 Å². The summed E-state index contributed by atoms with van der Waals surface area (Å²) in [6.07, 6.45) is 0. The van der Waals surface area contributed by atoms with Crippen LogP contribution >= 0.6 is 23.1 Å². The quantitative estimate of drug-likeness (QED) is 0.444. The molecule has 2 aromatic heterocycles. The number of benzene rings is 2. The van der Waals surface area contributed by atoms with Crippen LogP contribution in [0.2, 0.25) is 0 Å². The molecule has 0 atom stereocenters. The predicted octanol–water partition coefficient (Wildman–Crippen LogP) is 4.44. The summed E-state index contributed by atoms with van der Waals surface area (Å²) in [6, 6.07) is 11.7. The number of amides is 1. The van der Waals surface area contributed by atoms with Gasteiger partial charge in [-0.05, 0) is 55.3 Å². The first-order valence-electron chi connectivity index (χ1n) is 8.89. The second-order valence-corrected chi connectivity index (χ2v) is 8.45. The molecule has 0 fully saturated rings. The fraction of sp³-hybridized carbons (Fsp3) is 0.200. The standard InChI is InChI=1S/C20H19N5O2S2/c1-11-8-12(2)17-15(9-11)29-19(22-17)21-16(26)10-28-20-23-18(24-25-20)13-4-6-14(27-3)7-5-13/h4-9H,10H2,1-3H3,(H,21,22,26)(H,23,24,25). The fourth-order valence-electron chi connectivity index (χ4n) is 2.90. The summed E-state index contributed by atoms with van der Waals surface area (Å²) in [6.45, 7) is 4.08. The molecule has 0 spiro atoms. The lowest BCUT2D eigenvalue weighted by molar-refractivity contribution is -0.113. The normalized spacial score (nSPS) is 11.0. The van der Waals surface area contributed by atoms with Crippen molar-refractivity contribution < 1.29 is 9.53 Å². The third-order valence-corrected chi connectivity index (χ3v) is 6.00. The molecule has 0 bridgehead atoms. The molecule has 4 rings (SSSR count). The number of anilines is 1. The molecular weight excluding hydrogens is 406 g/mol. The number of hydrogen-bond acceptors (Lipinski definition) is 7. The van der Waals surface area contributed by atoms with Gasteiger partial charge >= 0.3 is 0 Å². The SMILES string of the molecule is COc1ccc(-c2nc(SCC(=O)Nc3nc4c(C)cc(C)cc4s3)n[nH]2)cc1. The summed E-state index contributed by atoms with van der Waals surface area (Å²) in [7, 11) is 1.62. The van der Waals surface area contributed by atoms with Gasteiger partial charge in [-0.15, -0.1) is 5.10 Å². The second kappa shape index (κ2) is 8.22. The van der Waals surface area contributed by atoms with Gasteiger partial charge in [0.2, 0.25) is 11.1 Å². The molecule has 0 saturated heterocycles. The molecule has 7 nitrogen and oxygen atoms in total. The van der Waals surface area contributed by atoms with Crippen LogP contribution in [0.25, 0.3) is 21.6 Å². The van der Waals surface area contributed by atoms with E-state index < -0.39 is 0 Å². The molecule has 1 amide bonds. The van der Waals surface area contributed by atoms with Gasteiger partial charge in [0, 0.05) is 5.56 Å². The van der Waals surface area contributed by atoms with Gasteiger partial charge in [0.15, 0.2) is 11.0 Å². The number of carbonyl (C=O) groups excluding carboxylic acids is 1. The average Bonchev–Trinajstić information content (AvgIpc) is 3.33. The van der Waals surface area contributed by atoms with Crippen LogP contribution in [0.4, 0.5) is 5.13 Å². The molecule has 0 saturated carbocycles. The van der Waals surface area contributed by atoms with Crippen LogP contribution in [-0.2, 0) is 4.79 Å². The van der Waals surface area contributed by atoms with Gasteiger partial charge in [0.25, 0.3) is 0 Å². The Balaban J connectivity index is 1.37. The summed E-state index contributed by atoms with van der Waals surface area (Å²) < 4.78 is 6.23. The summed E-state index contributed by atoms with van der Waals surface area (Å²) >= 11 is 2.75. The first-order chi connectivity index (χ1) is 14.0. The van der Waals surface area contributed by atoms with Crippen molar-refractivity contribution in [3.8, 4) is 17.1 Å². The van der Waals surface area contributed by atoms with E-state index in [1.807, 2.05) is 31.2 Å². The molecule has 0 aliphatic heterocycles. The van der Waals surface area contributed by atoms with E-state index in [0.29, 0.717) is 16.1 Å². The van der Waals surface area contributed by atoms with Crippen LogP contribution in [0.15, 0.2) is 41.6 Å². The van der Waals surface area contributed by atoms with Crippen molar-refractivity contribution in [1.82, 2.24) is 20.2 Å². The van der Waals surface area contributed by atoms with E-state index in [0.717, 1.165) is 27.1 Å². The zero-order valence-electron chi connectivity index (χ0n) is 16.1. The summed E-state index contributed by atoms with van der Waals surface area (Å²) in [5, 5.41) is 11.1. The summed E-state index contributed by atoms with van der Waals surface area (Å²) in [5.41, 5.74) is 4.12. The van der Waals surface area contributed by atoms with Crippen LogP contribution in [0.5, 0.6) is 5.75 Å².